The zero-order valence-electron chi connectivity index (χ0n) is 15.1. The number of benzene rings is 1. The van der Waals surface area contributed by atoms with E-state index in [1.54, 1.807) is 6.92 Å². The first-order valence-corrected chi connectivity index (χ1v) is 10.5. The van der Waals surface area contributed by atoms with Crippen LogP contribution in [-0.2, 0) is 16.4 Å². The van der Waals surface area contributed by atoms with Crippen LogP contribution in [0.2, 0.25) is 0 Å². The summed E-state index contributed by atoms with van der Waals surface area (Å²) in [6.07, 6.45) is 0.628. The molecule has 3 aromatic rings. The zero-order chi connectivity index (χ0) is 19.0. The second-order valence-electron chi connectivity index (χ2n) is 6.80. The van der Waals surface area contributed by atoms with Crippen LogP contribution in [0.4, 0.5) is 0 Å². The fraction of sp³-hybridized carbons (Fsp3) is 0.389. The molecule has 0 aliphatic carbocycles. The second kappa shape index (κ2) is 6.90. The Morgan fingerprint density at radius 2 is 2.00 bits per heavy atom. The molecule has 4 rings (SSSR count). The summed E-state index contributed by atoms with van der Waals surface area (Å²) in [5.41, 5.74) is 2.22. The van der Waals surface area contributed by atoms with Gasteiger partial charge >= 0.3 is 0 Å². The molecule has 8 nitrogen and oxygen atoms in total. The topological polar surface area (TPSA) is 102 Å². The van der Waals surface area contributed by atoms with E-state index in [-0.39, 0.29) is 17.5 Å². The van der Waals surface area contributed by atoms with Crippen LogP contribution < -0.4 is 0 Å². The SMILES string of the molecule is Cc1onc(-c2ccccc2)c1-c1nnc(CN(C)[C@H]2CCS(=O)(=O)C2)o1. The monoisotopic (exact) mass is 388 g/mol. The van der Waals surface area contributed by atoms with Crippen molar-refractivity contribution in [1.82, 2.24) is 20.3 Å². The van der Waals surface area contributed by atoms with Crippen molar-refractivity contribution >= 4 is 9.84 Å². The second-order valence-corrected chi connectivity index (χ2v) is 9.03. The molecule has 1 aromatic carbocycles. The highest BCUT2D eigenvalue weighted by molar-refractivity contribution is 7.91. The van der Waals surface area contributed by atoms with Gasteiger partial charge in [-0.2, -0.15) is 0 Å². The minimum absolute atomic E-state index is 0.0254. The van der Waals surface area contributed by atoms with Crippen LogP contribution in [0.25, 0.3) is 22.7 Å². The van der Waals surface area contributed by atoms with Crippen molar-refractivity contribution in [2.24, 2.45) is 0 Å². The van der Waals surface area contributed by atoms with Crippen molar-refractivity contribution < 1.29 is 17.4 Å². The van der Waals surface area contributed by atoms with Crippen LogP contribution in [0, 0.1) is 6.92 Å². The molecule has 9 heteroatoms. The number of sulfone groups is 1. The maximum Gasteiger partial charge on any atom is 0.253 e. The summed E-state index contributed by atoms with van der Waals surface area (Å²) in [7, 11) is -1.06. The highest BCUT2D eigenvalue weighted by Crippen LogP contribution is 2.33. The van der Waals surface area contributed by atoms with Gasteiger partial charge in [0.05, 0.1) is 18.1 Å². The van der Waals surface area contributed by atoms with E-state index in [1.807, 2.05) is 42.3 Å². The van der Waals surface area contributed by atoms with Gasteiger partial charge in [-0.15, -0.1) is 10.2 Å². The normalized spacial score (nSPS) is 19.0. The lowest BCUT2D eigenvalue weighted by Crippen LogP contribution is -2.32. The van der Waals surface area contributed by atoms with Gasteiger partial charge in [-0.3, -0.25) is 4.90 Å². The Morgan fingerprint density at radius 3 is 2.70 bits per heavy atom. The van der Waals surface area contributed by atoms with Gasteiger partial charge in [0.1, 0.15) is 17.0 Å². The molecule has 27 heavy (non-hydrogen) atoms. The molecule has 0 amide bonds. The Bertz CT molecular complexity index is 1040. The summed E-state index contributed by atoms with van der Waals surface area (Å²) in [6, 6.07) is 9.63. The van der Waals surface area contributed by atoms with Gasteiger partial charge in [-0.25, -0.2) is 8.42 Å². The predicted octanol–water partition coefficient (Wildman–Crippen LogP) is 2.32. The highest BCUT2D eigenvalue weighted by atomic mass is 32.2. The Morgan fingerprint density at radius 1 is 1.22 bits per heavy atom. The van der Waals surface area contributed by atoms with Crippen LogP contribution in [-0.4, -0.2) is 53.3 Å². The standard InChI is InChI=1S/C18H20N4O4S/c1-12-16(17(21-26-12)13-6-4-3-5-7-13)18-20-19-15(25-18)10-22(2)14-8-9-27(23,24)11-14/h3-7,14H,8-11H2,1-2H3/t14-/m0/s1. The molecule has 0 spiro atoms. The molecule has 2 aromatic heterocycles. The van der Waals surface area contributed by atoms with Gasteiger partial charge in [0, 0.05) is 11.6 Å². The highest BCUT2D eigenvalue weighted by Gasteiger charge is 2.31. The van der Waals surface area contributed by atoms with Crippen molar-refractivity contribution in [3.8, 4) is 22.7 Å². The van der Waals surface area contributed by atoms with Gasteiger partial charge in [0.2, 0.25) is 5.89 Å². The molecule has 1 aliphatic rings. The lowest BCUT2D eigenvalue weighted by molar-refractivity contribution is 0.230. The van der Waals surface area contributed by atoms with Crippen LogP contribution in [0.15, 0.2) is 39.3 Å². The zero-order valence-corrected chi connectivity index (χ0v) is 15.9. The average Bonchev–Trinajstić information content (AvgIpc) is 3.34. The predicted molar refractivity (Wildman–Crippen MR) is 98.5 cm³/mol. The van der Waals surface area contributed by atoms with Crippen LogP contribution in [0.5, 0.6) is 0 Å². The largest absolute Gasteiger partial charge is 0.419 e. The number of hydrogen-bond donors (Lipinski definition) is 0. The minimum atomic E-state index is -2.93. The Balaban J connectivity index is 1.56. The van der Waals surface area contributed by atoms with Gasteiger partial charge in [0.15, 0.2) is 9.84 Å². The number of aryl methyl sites for hydroxylation is 1. The first-order valence-electron chi connectivity index (χ1n) is 8.68. The van der Waals surface area contributed by atoms with Gasteiger partial charge in [0.25, 0.3) is 5.89 Å². The van der Waals surface area contributed by atoms with E-state index < -0.39 is 9.84 Å². The lowest BCUT2D eigenvalue weighted by Gasteiger charge is -2.20. The maximum absolute atomic E-state index is 11.7. The molecule has 0 N–H and O–H groups in total. The van der Waals surface area contributed by atoms with Crippen molar-refractivity contribution in [2.45, 2.75) is 25.9 Å². The van der Waals surface area contributed by atoms with Crippen LogP contribution >= 0.6 is 0 Å². The number of rotatable bonds is 5. The average molecular weight is 388 g/mol. The molecular formula is C18H20N4O4S. The van der Waals surface area contributed by atoms with Crippen molar-refractivity contribution in [1.29, 1.82) is 0 Å². The van der Waals surface area contributed by atoms with Gasteiger partial charge < -0.3 is 8.94 Å². The fourth-order valence-corrected chi connectivity index (χ4v) is 5.11. The Labute approximate surface area is 157 Å². The first kappa shape index (κ1) is 17.9. The molecule has 1 fully saturated rings. The van der Waals surface area contributed by atoms with Crippen molar-refractivity contribution in [3.05, 3.63) is 42.0 Å². The number of hydrogen-bond acceptors (Lipinski definition) is 8. The third-order valence-corrected chi connectivity index (χ3v) is 6.56. The van der Waals surface area contributed by atoms with Crippen molar-refractivity contribution in [3.63, 3.8) is 0 Å². The maximum atomic E-state index is 11.7. The van der Waals surface area contributed by atoms with E-state index in [9.17, 15) is 8.42 Å². The summed E-state index contributed by atoms with van der Waals surface area (Å²) >= 11 is 0. The van der Waals surface area contributed by atoms with E-state index in [1.165, 1.54) is 0 Å². The van der Waals surface area contributed by atoms with E-state index in [2.05, 4.69) is 15.4 Å². The van der Waals surface area contributed by atoms with Crippen LogP contribution in [0.1, 0.15) is 18.1 Å². The quantitative estimate of drug-likeness (QED) is 0.656. The third kappa shape index (κ3) is 3.65. The van der Waals surface area contributed by atoms with E-state index >= 15 is 0 Å². The van der Waals surface area contributed by atoms with E-state index in [0.717, 1.165) is 5.56 Å². The molecule has 0 radical (unpaired) electrons. The molecular weight excluding hydrogens is 368 g/mol. The van der Waals surface area contributed by atoms with Gasteiger partial charge in [-0.05, 0) is 20.4 Å². The molecule has 0 bridgehead atoms. The number of nitrogens with zero attached hydrogens (tertiary/aromatic N) is 4. The summed E-state index contributed by atoms with van der Waals surface area (Å²) in [4.78, 5) is 1.94. The number of aromatic nitrogens is 3. The summed E-state index contributed by atoms with van der Waals surface area (Å²) in [5, 5.41) is 12.4. The molecule has 142 valence electrons. The Hall–Kier alpha value is -2.52. The smallest absolute Gasteiger partial charge is 0.253 e. The first-order chi connectivity index (χ1) is 12.9. The van der Waals surface area contributed by atoms with E-state index in [0.29, 0.717) is 41.8 Å². The molecule has 1 saturated heterocycles. The molecule has 1 atom stereocenters. The fourth-order valence-electron chi connectivity index (χ4n) is 3.30. The van der Waals surface area contributed by atoms with Crippen LogP contribution in [0.3, 0.4) is 0 Å². The molecule has 0 saturated carbocycles. The summed E-state index contributed by atoms with van der Waals surface area (Å²) in [5.74, 6) is 1.77. The summed E-state index contributed by atoms with van der Waals surface area (Å²) < 4.78 is 34.5. The molecule has 3 heterocycles. The minimum Gasteiger partial charge on any atom is -0.419 e. The Kier molecular flexibility index (Phi) is 4.56. The summed E-state index contributed by atoms with van der Waals surface area (Å²) in [6.45, 7) is 2.19. The third-order valence-electron chi connectivity index (χ3n) is 4.81. The van der Waals surface area contributed by atoms with Gasteiger partial charge in [-0.1, -0.05) is 35.5 Å². The van der Waals surface area contributed by atoms with Crippen molar-refractivity contribution in [2.75, 3.05) is 18.6 Å². The molecule has 0 unspecified atom stereocenters. The molecule has 1 aliphatic heterocycles. The lowest BCUT2D eigenvalue weighted by atomic mass is 10.1. The van der Waals surface area contributed by atoms with E-state index in [4.69, 9.17) is 8.94 Å².